The Bertz CT molecular complexity index is 2000. The molecule has 2 aromatic heterocycles. The molecule has 1 atom stereocenters. The molecule has 2 N–H and O–H groups in total. The summed E-state index contributed by atoms with van der Waals surface area (Å²) in [5.41, 5.74) is 3.49. The normalized spacial score (nSPS) is 18.2. The van der Waals surface area contributed by atoms with Gasteiger partial charge in [-0.05, 0) is 72.5 Å². The van der Waals surface area contributed by atoms with E-state index in [-0.39, 0.29) is 37.8 Å². The lowest BCUT2D eigenvalue weighted by Gasteiger charge is -2.30. The van der Waals surface area contributed by atoms with Gasteiger partial charge < -0.3 is 15.0 Å². The number of halogens is 3. The highest BCUT2D eigenvalue weighted by Crippen LogP contribution is 2.33. The molecule has 0 radical (unpaired) electrons. The Hall–Kier alpha value is -5.40. The van der Waals surface area contributed by atoms with Gasteiger partial charge in [0.1, 0.15) is 5.82 Å². The van der Waals surface area contributed by atoms with Crippen molar-refractivity contribution in [3.63, 3.8) is 0 Å². The molecule has 2 amide bonds. The predicted octanol–water partition coefficient (Wildman–Crippen LogP) is 5.76. The van der Waals surface area contributed by atoms with Crippen molar-refractivity contribution in [1.29, 1.82) is 0 Å². The van der Waals surface area contributed by atoms with Crippen LogP contribution in [-0.4, -0.2) is 86.7 Å². The highest BCUT2D eigenvalue weighted by Gasteiger charge is 2.48. The number of aromatic nitrogens is 4. The third kappa shape index (κ3) is 6.94. The summed E-state index contributed by atoms with van der Waals surface area (Å²) in [7, 11) is 0. The number of alkyl halides is 2. The van der Waals surface area contributed by atoms with Gasteiger partial charge in [0, 0.05) is 60.8 Å². The molecule has 1 fully saturated rings. The molecule has 2 aliphatic rings. The van der Waals surface area contributed by atoms with Crippen LogP contribution in [0.15, 0.2) is 91.3 Å². The quantitative estimate of drug-likeness (QED) is 0.205. The Morgan fingerprint density at radius 3 is 2.41 bits per heavy atom. The van der Waals surface area contributed by atoms with Crippen LogP contribution < -0.4 is 5.32 Å². The van der Waals surface area contributed by atoms with E-state index in [4.69, 9.17) is 4.74 Å². The second-order valence-corrected chi connectivity index (χ2v) is 12.1. The summed E-state index contributed by atoms with van der Waals surface area (Å²) in [6.07, 6.45) is 6.07. The van der Waals surface area contributed by atoms with E-state index in [0.717, 1.165) is 16.7 Å². The molecule has 1 unspecified atom stereocenters. The first-order valence-electron chi connectivity index (χ1n) is 15.8. The first-order valence-corrected chi connectivity index (χ1v) is 15.8. The molecule has 250 valence electrons. The van der Waals surface area contributed by atoms with Gasteiger partial charge in [-0.1, -0.05) is 30.3 Å². The van der Waals surface area contributed by atoms with Crippen molar-refractivity contribution in [3.8, 4) is 22.6 Å². The van der Waals surface area contributed by atoms with Crippen molar-refractivity contribution in [2.75, 3.05) is 38.0 Å². The molecule has 1 saturated heterocycles. The van der Waals surface area contributed by atoms with E-state index in [1.54, 1.807) is 58.6 Å². The van der Waals surface area contributed by atoms with Crippen LogP contribution >= 0.6 is 0 Å². The molecular formula is C36H32F3N7O3. The largest absolute Gasteiger partial charge is 0.346 e. The zero-order valence-corrected chi connectivity index (χ0v) is 26.3. The summed E-state index contributed by atoms with van der Waals surface area (Å²) in [6.45, 7) is -2.23. The minimum Gasteiger partial charge on any atom is -0.338 e. The van der Waals surface area contributed by atoms with Crippen LogP contribution in [0.25, 0.3) is 39.1 Å². The summed E-state index contributed by atoms with van der Waals surface area (Å²) in [5.74, 6) is -0.616. The number of nitrogens with zero attached hydrogens (tertiary/aromatic N) is 5. The number of rotatable bonds is 9. The van der Waals surface area contributed by atoms with Crippen molar-refractivity contribution < 1.29 is 27.5 Å². The average Bonchev–Trinajstić information content (AvgIpc) is 3.73. The minimum atomic E-state index is -3.19. The molecule has 0 saturated carbocycles. The monoisotopic (exact) mass is 667 g/mol. The average molecular weight is 668 g/mol. The zero-order chi connectivity index (χ0) is 34.0. The standard InChI is InChI=1S/C36H32F3N7O3/c37-27-8-6-25(7-9-27)32-29-20-28(10-11-30(29)43-44-32)42-34(48)36(49-35(38)39)14-19-45(22-36)21-31(47)46-17-12-24(13-18-46)23-2-4-26(5-3-23)33-40-15-1-16-41-33/h1-12,15-16,20,35H,13-14,17-19,21-22H2,(H,42,48)(H,43,44). The van der Waals surface area contributed by atoms with Gasteiger partial charge in [-0.2, -0.15) is 13.9 Å². The van der Waals surface area contributed by atoms with Crippen LogP contribution in [0, 0.1) is 5.82 Å². The lowest BCUT2D eigenvalue weighted by Crippen LogP contribution is -2.50. The van der Waals surface area contributed by atoms with E-state index < -0.39 is 18.1 Å². The molecule has 49 heavy (non-hydrogen) atoms. The van der Waals surface area contributed by atoms with Gasteiger partial charge >= 0.3 is 6.61 Å². The molecule has 10 nitrogen and oxygen atoms in total. The number of benzene rings is 3. The molecule has 4 heterocycles. The number of carbonyl (C=O) groups excluding carboxylic acids is 2. The maximum Gasteiger partial charge on any atom is 0.346 e. The van der Waals surface area contributed by atoms with Crippen molar-refractivity contribution in [2.24, 2.45) is 0 Å². The van der Waals surface area contributed by atoms with Gasteiger partial charge in [-0.3, -0.25) is 19.6 Å². The number of nitrogens with one attached hydrogen (secondary N) is 2. The SMILES string of the molecule is O=C(CN1CCC(OC(F)F)(C(=O)Nc2ccc3[nH]nc(-c4ccc(F)cc4)c3c2)C1)N1CC=C(c2ccc(-c3ncccn3)cc2)CC1. The topological polar surface area (TPSA) is 116 Å². The van der Waals surface area contributed by atoms with Crippen LogP contribution in [0.1, 0.15) is 18.4 Å². The number of likely N-dealkylation sites (tertiary alicyclic amines) is 1. The molecule has 7 rings (SSSR count). The van der Waals surface area contributed by atoms with Crippen molar-refractivity contribution in [3.05, 3.63) is 103 Å². The fraction of sp³-hybridized carbons (Fsp3) is 0.250. The molecule has 0 aliphatic carbocycles. The second kappa shape index (κ2) is 13.6. The van der Waals surface area contributed by atoms with E-state index >= 15 is 0 Å². The second-order valence-electron chi connectivity index (χ2n) is 12.1. The fourth-order valence-corrected chi connectivity index (χ4v) is 6.39. The van der Waals surface area contributed by atoms with Crippen molar-refractivity contribution in [1.82, 2.24) is 30.0 Å². The van der Waals surface area contributed by atoms with E-state index in [1.165, 1.54) is 12.1 Å². The third-order valence-corrected chi connectivity index (χ3v) is 8.98. The molecular weight excluding hydrogens is 635 g/mol. The van der Waals surface area contributed by atoms with Gasteiger partial charge in [-0.25, -0.2) is 14.4 Å². The molecule has 5 aromatic rings. The maximum absolute atomic E-state index is 13.7. The van der Waals surface area contributed by atoms with Gasteiger partial charge in [0.25, 0.3) is 5.91 Å². The first kappa shape index (κ1) is 32.2. The number of fused-ring (bicyclic) bond motifs is 1. The Balaban J connectivity index is 0.989. The zero-order valence-electron chi connectivity index (χ0n) is 26.3. The van der Waals surface area contributed by atoms with Gasteiger partial charge in [0.2, 0.25) is 5.91 Å². The molecule has 13 heteroatoms. The number of hydrogen-bond donors (Lipinski definition) is 2. The Morgan fingerprint density at radius 1 is 0.959 bits per heavy atom. The minimum absolute atomic E-state index is 0.0146. The van der Waals surface area contributed by atoms with Crippen LogP contribution in [0.4, 0.5) is 18.9 Å². The van der Waals surface area contributed by atoms with Gasteiger partial charge in [0.15, 0.2) is 11.4 Å². The van der Waals surface area contributed by atoms with E-state index in [9.17, 15) is 22.8 Å². The number of aromatic amines is 1. The lowest BCUT2D eigenvalue weighted by molar-refractivity contribution is -0.204. The molecule has 3 aromatic carbocycles. The van der Waals surface area contributed by atoms with Crippen LogP contribution in [-0.2, 0) is 14.3 Å². The van der Waals surface area contributed by atoms with Gasteiger partial charge in [-0.15, -0.1) is 0 Å². The molecule has 0 bridgehead atoms. The number of hydrogen-bond acceptors (Lipinski definition) is 7. The Morgan fingerprint density at radius 2 is 1.69 bits per heavy atom. The van der Waals surface area contributed by atoms with Crippen LogP contribution in [0.3, 0.4) is 0 Å². The highest BCUT2D eigenvalue weighted by atomic mass is 19.3. The predicted molar refractivity (Wildman–Crippen MR) is 178 cm³/mol. The Labute approximate surface area is 279 Å². The number of H-pyrrole nitrogens is 1. The first-order chi connectivity index (χ1) is 23.8. The van der Waals surface area contributed by atoms with Crippen molar-refractivity contribution >= 4 is 34.0 Å². The summed E-state index contributed by atoms with van der Waals surface area (Å²) in [4.78, 5) is 38.8. The highest BCUT2D eigenvalue weighted by molar-refractivity contribution is 6.01. The number of anilines is 1. The summed E-state index contributed by atoms with van der Waals surface area (Å²) in [6, 6.07) is 20.6. The summed E-state index contributed by atoms with van der Waals surface area (Å²) >= 11 is 0. The Kier molecular flexibility index (Phi) is 8.93. The number of amides is 2. The summed E-state index contributed by atoms with van der Waals surface area (Å²) in [5, 5.41) is 10.6. The van der Waals surface area contributed by atoms with E-state index in [2.05, 4.69) is 25.5 Å². The van der Waals surface area contributed by atoms with Gasteiger partial charge in [0.05, 0.1) is 17.8 Å². The van der Waals surface area contributed by atoms with Crippen LogP contribution in [0.2, 0.25) is 0 Å². The smallest absolute Gasteiger partial charge is 0.338 e. The van der Waals surface area contributed by atoms with E-state index in [0.29, 0.717) is 53.2 Å². The lowest BCUT2D eigenvalue weighted by atomic mass is 9.98. The molecule has 2 aliphatic heterocycles. The van der Waals surface area contributed by atoms with Crippen LogP contribution in [0.5, 0.6) is 0 Å². The third-order valence-electron chi connectivity index (χ3n) is 8.98. The number of carbonyl (C=O) groups is 2. The maximum atomic E-state index is 13.7. The van der Waals surface area contributed by atoms with Crippen molar-refractivity contribution in [2.45, 2.75) is 25.1 Å². The number of ether oxygens (including phenoxy) is 1. The summed E-state index contributed by atoms with van der Waals surface area (Å²) < 4.78 is 45.8. The van der Waals surface area contributed by atoms with E-state index in [1.807, 2.05) is 30.3 Å². The molecule has 0 spiro atoms. The fourth-order valence-electron chi connectivity index (χ4n) is 6.39.